The van der Waals surface area contributed by atoms with E-state index in [1.54, 1.807) is 19.0 Å². The van der Waals surface area contributed by atoms with Gasteiger partial charge in [-0.1, -0.05) is 37.5 Å². The Kier molecular flexibility index (Phi) is 7.88. The molecule has 1 amide bonds. The first kappa shape index (κ1) is 21.9. The molecule has 1 heterocycles. The van der Waals surface area contributed by atoms with E-state index in [0.29, 0.717) is 18.4 Å². The van der Waals surface area contributed by atoms with Gasteiger partial charge in [-0.3, -0.25) is 4.79 Å². The van der Waals surface area contributed by atoms with Gasteiger partial charge >= 0.3 is 0 Å². The number of carbonyl (C=O) groups is 1. The highest BCUT2D eigenvalue weighted by Gasteiger charge is 2.14. The van der Waals surface area contributed by atoms with Crippen molar-refractivity contribution in [2.75, 3.05) is 27.2 Å². The largest absolute Gasteiger partial charge is 0.356 e. The Labute approximate surface area is 179 Å². The molecule has 0 saturated heterocycles. The molecule has 1 saturated carbocycles. The average Bonchev–Trinajstić information content (AvgIpc) is 3.20. The highest BCUT2D eigenvalue weighted by molar-refractivity contribution is 5.86. The molecule has 0 atom stereocenters. The minimum Gasteiger partial charge on any atom is -0.356 e. The molecular weight excluding hydrogens is 376 g/mol. The Bertz CT molecular complexity index is 851. The number of aromatic nitrogens is 2. The Morgan fingerprint density at radius 1 is 1.17 bits per heavy atom. The summed E-state index contributed by atoms with van der Waals surface area (Å²) in [6.45, 7) is 3.60. The molecule has 0 radical (unpaired) electrons. The fourth-order valence-electron chi connectivity index (χ4n) is 3.71. The molecule has 3 rings (SSSR count). The number of hydrogen-bond donors (Lipinski definition) is 2. The molecule has 7 heteroatoms. The molecule has 0 bridgehead atoms. The van der Waals surface area contributed by atoms with Gasteiger partial charge in [-0.2, -0.15) is 5.10 Å². The van der Waals surface area contributed by atoms with Crippen LogP contribution in [-0.2, 0) is 11.3 Å². The number of rotatable bonds is 7. The molecular formula is C23H34N6O. The lowest BCUT2D eigenvalue weighted by atomic mass is 9.89. The average molecular weight is 411 g/mol. The number of guanidine groups is 1. The van der Waals surface area contributed by atoms with E-state index in [4.69, 9.17) is 4.99 Å². The van der Waals surface area contributed by atoms with Crippen molar-refractivity contribution in [1.82, 2.24) is 25.3 Å². The third-order valence-corrected chi connectivity index (χ3v) is 5.56. The van der Waals surface area contributed by atoms with Crippen molar-refractivity contribution in [3.63, 3.8) is 0 Å². The van der Waals surface area contributed by atoms with E-state index < -0.39 is 0 Å². The van der Waals surface area contributed by atoms with Crippen LogP contribution in [0.2, 0.25) is 0 Å². The fraction of sp³-hybridized carbons (Fsp3) is 0.522. The maximum atomic E-state index is 12.0. The van der Waals surface area contributed by atoms with Gasteiger partial charge < -0.3 is 15.5 Å². The molecule has 2 aromatic rings. The topological polar surface area (TPSA) is 74.6 Å². The fourth-order valence-corrected chi connectivity index (χ4v) is 3.71. The Balaban J connectivity index is 1.71. The van der Waals surface area contributed by atoms with Crippen molar-refractivity contribution in [2.45, 2.75) is 45.6 Å². The molecule has 0 spiro atoms. The molecule has 7 nitrogen and oxygen atoms in total. The van der Waals surface area contributed by atoms with Crippen LogP contribution in [-0.4, -0.2) is 53.7 Å². The number of carbonyl (C=O) groups excluding carboxylic acids is 1. The summed E-state index contributed by atoms with van der Waals surface area (Å²) in [5, 5.41) is 11.2. The summed E-state index contributed by atoms with van der Waals surface area (Å²) in [7, 11) is 3.53. The van der Waals surface area contributed by atoms with Crippen LogP contribution < -0.4 is 10.6 Å². The number of aryl methyl sites for hydroxylation is 1. The lowest BCUT2D eigenvalue weighted by molar-refractivity contribution is -0.127. The molecule has 1 fully saturated rings. The summed E-state index contributed by atoms with van der Waals surface area (Å²) in [5.41, 5.74) is 3.08. The van der Waals surface area contributed by atoms with E-state index in [9.17, 15) is 4.79 Å². The molecule has 2 N–H and O–H groups in total. The Hall–Kier alpha value is -2.83. The van der Waals surface area contributed by atoms with E-state index in [1.165, 1.54) is 32.1 Å². The number of hydrogen-bond acceptors (Lipinski definition) is 3. The van der Waals surface area contributed by atoms with Gasteiger partial charge in [-0.05, 0) is 43.4 Å². The first-order valence-electron chi connectivity index (χ1n) is 10.9. The predicted octanol–water partition coefficient (Wildman–Crippen LogP) is 2.88. The molecule has 1 aliphatic rings. The van der Waals surface area contributed by atoms with Gasteiger partial charge in [-0.15, -0.1) is 0 Å². The van der Waals surface area contributed by atoms with E-state index in [1.807, 2.05) is 36.0 Å². The Morgan fingerprint density at radius 2 is 1.93 bits per heavy atom. The summed E-state index contributed by atoms with van der Waals surface area (Å²) in [5.74, 6) is 1.38. The van der Waals surface area contributed by atoms with Crippen molar-refractivity contribution in [3.05, 3.63) is 47.8 Å². The van der Waals surface area contributed by atoms with E-state index in [2.05, 4.69) is 27.9 Å². The third-order valence-electron chi connectivity index (χ3n) is 5.56. The van der Waals surface area contributed by atoms with Crippen LogP contribution in [0, 0.1) is 12.8 Å². The van der Waals surface area contributed by atoms with Crippen molar-refractivity contribution in [2.24, 2.45) is 10.9 Å². The smallest absolute Gasteiger partial charge is 0.241 e. The lowest BCUT2D eigenvalue weighted by Gasteiger charge is -2.23. The van der Waals surface area contributed by atoms with Gasteiger partial charge in [0.1, 0.15) is 0 Å². The number of para-hydroxylation sites is 1. The Morgan fingerprint density at radius 3 is 2.63 bits per heavy atom. The molecule has 0 unspecified atom stereocenters. The molecule has 30 heavy (non-hydrogen) atoms. The summed E-state index contributed by atoms with van der Waals surface area (Å²) in [6.07, 6.45) is 8.45. The number of nitrogens with zero attached hydrogens (tertiary/aromatic N) is 4. The molecule has 162 valence electrons. The first-order valence-corrected chi connectivity index (χ1v) is 10.9. The minimum atomic E-state index is 0.0228. The zero-order valence-corrected chi connectivity index (χ0v) is 18.4. The predicted molar refractivity (Wildman–Crippen MR) is 121 cm³/mol. The van der Waals surface area contributed by atoms with Gasteiger partial charge in [-0.25, -0.2) is 9.67 Å². The number of likely N-dealkylation sites (N-methyl/N-ethyl adjacent to an activating group) is 1. The van der Waals surface area contributed by atoms with Crippen LogP contribution in [0.15, 0.2) is 41.5 Å². The second-order valence-electron chi connectivity index (χ2n) is 8.22. The van der Waals surface area contributed by atoms with Gasteiger partial charge in [0.15, 0.2) is 5.96 Å². The summed E-state index contributed by atoms with van der Waals surface area (Å²) in [4.78, 5) is 18.4. The van der Waals surface area contributed by atoms with Crippen LogP contribution >= 0.6 is 0 Å². The highest BCUT2D eigenvalue weighted by Crippen LogP contribution is 2.22. The summed E-state index contributed by atoms with van der Waals surface area (Å²) >= 11 is 0. The summed E-state index contributed by atoms with van der Waals surface area (Å²) in [6, 6.07) is 10.1. The molecule has 1 aromatic carbocycles. The van der Waals surface area contributed by atoms with Crippen molar-refractivity contribution in [3.8, 4) is 5.69 Å². The van der Waals surface area contributed by atoms with Crippen LogP contribution in [0.5, 0.6) is 0 Å². The monoisotopic (exact) mass is 410 g/mol. The van der Waals surface area contributed by atoms with Crippen LogP contribution in [0.25, 0.3) is 5.69 Å². The minimum absolute atomic E-state index is 0.0228. The maximum absolute atomic E-state index is 12.0. The molecule has 1 aliphatic carbocycles. The second-order valence-corrected chi connectivity index (χ2v) is 8.22. The van der Waals surface area contributed by atoms with E-state index in [-0.39, 0.29) is 12.5 Å². The van der Waals surface area contributed by atoms with Crippen LogP contribution in [0.3, 0.4) is 0 Å². The number of benzene rings is 1. The quantitative estimate of drug-likeness (QED) is 0.544. The second kappa shape index (κ2) is 10.8. The lowest BCUT2D eigenvalue weighted by Crippen LogP contribution is -2.44. The van der Waals surface area contributed by atoms with Crippen molar-refractivity contribution >= 4 is 11.9 Å². The van der Waals surface area contributed by atoms with Crippen molar-refractivity contribution < 1.29 is 4.79 Å². The first-order chi connectivity index (χ1) is 14.5. The van der Waals surface area contributed by atoms with Gasteiger partial charge in [0.2, 0.25) is 5.91 Å². The van der Waals surface area contributed by atoms with Gasteiger partial charge in [0.05, 0.1) is 24.5 Å². The maximum Gasteiger partial charge on any atom is 0.241 e. The van der Waals surface area contributed by atoms with E-state index in [0.717, 1.165) is 23.5 Å². The van der Waals surface area contributed by atoms with Gasteiger partial charge in [0, 0.05) is 26.8 Å². The van der Waals surface area contributed by atoms with Crippen LogP contribution in [0.4, 0.5) is 0 Å². The number of aliphatic imine (C=N–C) groups is 1. The molecule has 0 aliphatic heterocycles. The highest BCUT2D eigenvalue weighted by atomic mass is 16.2. The van der Waals surface area contributed by atoms with E-state index >= 15 is 0 Å². The zero-order chi connectivity index (χ0) is 21.3. The summed E-state index contributed by atoms with van der Waals surface area (Å²) < 4.78 is 1.89. The van der Waals surface area contributed by atoms with Crippen molar-refractivity contribution in [1.29, 1.82) is 0 Å². The van der Waals surface area contributed by atoms with Gasteiger partial charge in [0.25, 0.3) is 0 Å². The SMILES string of the molecule is Cc1ccn(-c2ccccc2CN=C(NCC(=O)N(C)C)NCC2CCCCC2)n1. The standard InChI is InChI=1S/C23H34N6O/c1-18-13-14-29(27-18)21-12-8-7-11-20(21)16-25-23(26-17-22(30)28(2)3)24-15-19-9-5-4-6-10-19/h7-8,11-14,19H,4-6,9-10,15-17H2,1-3H3,(H2,24,25,26). The third kappa shape index (κ3) is 6.34. The number of nitrogens with one attached hydrogen (secondary N) is 2. The zero-order valence-electron chi connectivity index (χ0n) is 18.4. The molecule has 1 aromatic heterocycles. The normalized spacial score (nSPS) is 15.1. The van der Waals surface area contributed by atoms with Crippen LogP contribution in [0.1, 0.15) is 43.4 Å². The number of amides is 1.